The molecule has 3 N–H and O–H groups in total. The maximum Gasteiger partial charge on any atom is 0.239 e. The van der Waals surface area contributed by atoms with Crippen molar-refractivity contribution >= 4 is 11.8 Å². The van der Waals surface area contributed by atoms with Crippen molar-refractivity contribution in [1.29, 1.82) is 0 Å². The predicted octanol–water partition coefficient (Wildman–Crippen LogP) is -1.94. The van der Waals surface area contributed by atoms with Gasteiger partial charge in [0.2, 0.25) is 11.8 Å². The Bertz CT molecular complexity index is 229. The molecule has 0 radical (unpaired) electrons. The predicted molar refractivity (Wildman–Crippen MR) is 51.2 cm³/mol. The first-order valence-corrected chi connectivity index (χ1v) is 4.56. The van der Waals surface area contributed by atoms with Gasteiger partial charge in [0, 0.05) is 13.1 Å². The van der Waals surface area contributed by atoms with Gasteiger partial charge in [-0.25, -0.2) is 5.43 Å². The second kappa shape index (κ2) is 4.92. The van der Waals surface area contributed by atoms with Crippen LogP contribution in [-0.2, 0) is 9.59 Å². The maximum absolute atomic E-state index is 11.4. The Hall–Kier alpha value is -1.14. The van der Waals surface area contributed by atoms with Crippen LogP contribution in [0, 0.1) is 0 Å². The number of amides is 2. The molecular formula is C8H16N4O2. The molecule has 6 nitrogen and oxygen atoms in total. The summed E-state index contributed by atoms with van der Waals surface area (Å²) in [4.78, 5) is 24.1. The molecule has 80 valence electrons. The minimum Gasteiger partial charge on any atom is -0.353 e. The lowest BCUT2D eigenvalue weighted by molar-refractivity contribution is -0.124. The van der Waals surface area contributed by atoms with E-state index in [9.17, 15) is 9.59 Å². The van der Waals surface area contributed by atoms with E-state index in [-0.39, 0.29) is 18.2 Å². The van der Waals surface area contributed by atoms with Crippen LogP contribution in [0.15, 0.2) is 0 Å². The van der Waals surface area contributed by atoms with Crippen LogP contribution in [0.3, 0.4) is 0 Å². The normalized spacial score (nSPS) is 21.1. The van der Waals surface area contributed by atoms with Crippen LogP contribution < -0.4 is 16.2 Å². The average Bonchev–Trinajstić information content (AvgIpc) is 2.51. The van der Waals surface area contributed by atoms with Crippen LogP contribution in [0.1, 0.15) is 6.42 Å². The number of nitrogens with zero attached hydrogens (tertiary/aromatic N) is 1. The third kappa shape index (κ3) is 3.31. The lowest BCUT2D eigenvalue weighted by atomic mass is 10.2. The van der Waals surface area contributed by atoms with E-state index >= 15 is 0 Å². The highest BCUT2D eigenvalue weighted by Crippen LogP contribution is 1.96. The summed E-state index contributed by atoms with van der Waals surface area (Å²) in [5.41, 5.74) is 5.01. The summed E-state index contributed by atoms with van der Waals surface area (Å²) in [5, 5.41) is 2.74. The van der Waals surface area contributed by atoms with Crippen molar-refractivity contribution in [3.8, 4) is 0 Å². The summed E-state index contributed by atoms with van der Waals surface area (Å²) in [5.74, 6) is -0.275. The van der Waals surface area contributed by atoms with E-state index in [0.717, 1.165) is 6.54 Å². The quantitative estimate of drug-likeness (QED) is 0.493. The van der Waals surface area contributed by atoms with E-state index < -0.39 is 6.04 Å². The number of carbonyl (C=O) groups excluding carboxylic acids is 2. The van der Waals surface area contributed by atoms with Crippen LogP contribution in [0.2, 0.25) is 0 Å². The zero-order valence-corrected chi connectivity index (χ0v) is 8.46. The Morgan fingerprint density at radius 1 is 1.64 bits per heavy atom. The van der Waals surface area contributed by atoms with Gasteiger partial charge in [-0.05, 0) is 14.1 Å². The Labute approximate surface area is 83.0 Å². The summed E-state index contributed by atoms with van der Waals surface area (Å²) in [6, 6.07) is -0.426. The monoisotopic (exact) mass is 200 g/mol. The average molecular weight is 200 g/mol. The molecule has 1 aliphatic heterocycles. The van der Waals surface area contributed by atoms with E-state index in [1.807, 2.05) is 19.0 Å². The first kappa shape index (κ1) is 10.9. The Morgan fingerprint density at radius 2 is 2.36 bits per heavy atom. The van der Waals surface area contributed by atoms with Gasteiger partial charge < -0.3 is 10.2 Å². The van der Waals surface area contributed by atoms with Gasteiger partial charge in [0.25, 0.3) is 0 Å². The fourth-order valence-corrected chi connectivity index (χ4v) is 1.14. The first-order chi connectivity index (χ1) is 6.59. The number of carbonyl (C=O) groups is 2. The Balaban J connectivity index is 2.18. The van der Waals surface area contributed by atoms with Crippen LogP contribution in [0.4, 0.5) is 0 Å². The first-order valence-electron chi connectivity index (χ1n) is 4.56. The Morgan fingerprint density at radius 3 is 2.86 bits per heavy atom. The lowest BCUT2D eigenvalue weighted by Crippen LogP contribution is -2.44. The molecule has 1 saturated heterocycles. The highest BCUT2D eigenvalue weighted by molar-refractivity contribution is 5.90. The van der Waals surface area contributed by atoms with Crippen molar-refractivity contribution in [2.75, 3.05) is 27.2 Å². The molecule has 1 atom stereocenters. The van der Waals surface area contributed by atoms with Gasteiger partial charge in [0.1, 0.15) is 6.04 Å². The van der Waals surface area contributed by atoms with Crippen molar-refractivity contribution in [3.05, 3.63) is 0 Å². The van der Waals surface area contributed by atoms with Gasteiger partial charge in [0.15, 0.2) is 0 Å². The van der Waals surface area contributed by atoms with E-state index in [2.05, 4.69) is 16.2 Å². The molecule has 6 heteroatoms. The largest absolute Gasteiger partial charge is 0.353 e. The maximum atomic E-state index is 11.4. The van der Waals surface area contributed by atoms with Gasteiger partial charge in [-0.2, -0.15) is 0 Å². The number of rotatable bonds is 4. The highest BCUT2D eigenvalue weighted by atomic mass is 16.2. The smallest absolute Gasteiger partial charge is 0.239 e. The second-order valence-electron chi connectivity index (χ2n) is 3.54. The number of hydrazine groups is 1. The third-order valence-corrected chi connectivity index (χ3v) is 1.95. The SMILES string of the molecule is CN(C)CCNC(=O)C1CC(=O)NN1. The van der Waals surface area contributed by atoms with Gasteiger partial charge in [-0.3, -0.25) is 15.0 Å². The fourth-order valence-electron chi connectivity index (χ4n) is 1.14. The summed E-state index contributed by atoms with van der Waals surface area (Å²) in [6.45, 7) is 1.39. The minimum atomic E-state index is -0.426. The van der Waals surface area contributed by atoms with Crippen molar-refractivity contribution in [3.63, 3.8) is 0 Å². The standard InChI is InChI=1S/C8H16N4O2/c1-12(2)4-3-9-8(14)6-5-7(13)11-10-6/h6,10H,3-5H2,1-2H3,(H,9,14)(H,11,13). The zero-order chi connectivity index (χ0) is 10.6. The molecule has 14 heavy (non-hydrogen) atoms. The molecule has 0 aromatic heterocycles. The topological polar surface area (TPSA) is 73.5 Å². The van der Waals surface area contributed by atoms with E-state index in [1.165, 1.54) is 0 Å². The lowest BCUT2D eigenvalue weighted by Gasteiger charge is -2.12. The highest BCUT2D eigenvalue weighted by Gasteiger charge is 2.26. The van der Waals surface area contributed by atoms with E-state index in [1.54, 1.807) is 0 Å². The van der Waals surface area contributed by atoms with Crippen LogP contribution >= 0.6 is 0 Å². The van der Waals surface area contributed by atoms with Crippen molar-refractivity contribution in [2.45, 2.75) is 12.5 Å². The summed E-state index contributed by atoms with van der Waals surface area (Å²) in [6.07, 6.45) is 0.216. The van der Waals surface area contributed by atoms with Gasteiger partial charge in [0.05, 0.1) is 6.42 Å². The molecule has 1 unspecified atom stereocenters. The molecule has 1 heterocycles. The molecule has 1 aliphatic rings. The number of hydrogen-bond acceptors (Lipinski definition) is 4. The minimum absolute atomic E-state index is 0.134. The third-order valence-electron chi connectivity index (χ3n) is 1.95. The molecule has 0 bridgehead atoms. The van der Waals surface area contributed by atoms with E-state index in [0.29, 0.717) is 6.54 Å². The number of hydrogen-bond donors (Lipinski definition) is 3. The fraction of sp³-hybridized carbons (Fsp3) is 0.750. The number of nitrogens with one attached hydrogen (secondary N) is 3. The van der Waals surface area contributed by atoms with E-state index in [4.69, 9.17) is 0 Å². The molecule has 0 aromatic carbocycles. The van der Waals surface area contributed by atoms with Crippen molar-refractivity contribution in [2.24, 2.45) is 0 Å². The van der Waals surface area contributed by atoms with Gasteiger partial charge in [-0.1, -0.05) is 0 Å². The van der Waals surface area contributed by atoms with Crippen LogP contribution in [-0.4, -0.2) is 49.9 Å². The molecule has 1 rings (SSSR count). The molecule has 0 saturated carbocycles. The van der Waals surface area contributed by atoms with Crippen molar-refractivity contribution < 1.29 is 9.59 Å². The summed E-state index contributed by atoms with van der Waals surface area (Å²) >= 11 is 0. The molecule has 0 aliphatic carbocycles. The molecule has 2 amide bonds. The summed E-state index contributed by atoms with van der Waals surface area (Å²) < 4.78 is 0. The van der Waals surface area contributed by atoms with Crippen LogP contribution in [0.25, 0.3) is 0 Å². The molecule has 1 fully saturated rings. The summed E-state index contributed by atoms with van der Waals surface area (Å²) in [7, 11) is 3.87. The molecular weight excluding hydrogens is 184 g/mol. The second-order valence-corrected chi connectivity index (χ2v) is 3.54. The molecule has 0 aromatic rings. The van der Waals surface area contributed by atoms with Gasteiger partial charge >= 0.3 is 0 Å². The van der Waals surface area contributed by atoms with Gasteiger partial charge in [-0.15, -0.1) is 0 Å². The number of likely N-dealkylation sites (N-methyl/N-ethyl adjacent to an activating group) is 1. The Kier molecular flexibility index (Phi) is 3.84. The zero-order valence-electron chi connectivity index (χ0n) is 8.46. The van der Waals surface area contributed by atoms with Crippen LogP contribution in [0.5, 0.6) is 0 Å². The van der Waals surface area contributed by atoms with Crippen molar-refractivity contribution in [1.82, 2.24) is 21.1 Å². The molecule has 0 spiro atoms.